The van der Waals surface area contributed by atoms with E-state index in [9.17, 15) is 0 Å². The first-order valence-corrected chi connectivity index (χ1v) is 5.01. The van der Waals surface area contributed by atoms with E-state index in [2.05, 4.69) is 26.0 Å². The van der Waals surface area contributed by atoms with Crippen molar-refractivity contribution in [1.82, 2.24) is 0 Å². The fraction of sp³-hybridized carbons (Fsp3) is 0.818. The molecule has 2 unspecified atom stereocenters. The van der Waals surface area contributed by atoms with Crippen LogP contribution in [0.4, 0.5) is 0 Å². The highest BCUT2D eigenvalue weighted by atomic mass is 14.3. The Hall–Kier alpha value is -0.260. The fourth-order valence-corrected chi connectivity index (χ4v) is 2.24. The molecule has 0 radical (unpaired) electrons. The molecule has 0 heterocycles. The van der Waals surface area contributed by atoms with E-state index in [1.54, 1.807) is 0 Å². The van der Waals surface area contributed by atoms with Crippen molar-refractivity contribution in [2.75, 3.05) is 0 Å². The van der Waals surface area contributed by atoms with Crippen LogP contribution in [0.2, 0.25) is 0 Å². The van der Waals surface area contributed by atoms with Crippen molar-refractivity contribution in [2.45, 2.75) is 46.0 Å². The predicted molar refractivity (Wildman–Crippen MR) is 50.6 cm³/mol. The van der Waals surface area contributed by atoms with Gasteiger partial charge in [-0.05, 0) is 31.6 Å². The second kappa shape index (κ2) is 4.58. The second-order valence-electron chi connectivity index (χ2n) is 3.64. The Labute approximate surface area is 70.7 Å². The molecule has 0 N–H and O–H groups in total. The van der Waals surface area contributed by atoms with Gasteiger partial charge in [-0.25, -0.2) is 0 Å². The molecule has 0 nitrogen and oxygen atoms in total. The lowest BCUT2D eigenvalue weighted by molar-refractivity contribution is 0.276. The van der Waals surface area contributed by atoms with E-state index >= 15 is 0 Å². The van der Waals surface area contributed by atoms with Gasteiger partial charge in [-0.15, -0.1) is 0 Å². The Morgan fingerprint density at radius 2 is 2.00 bits per heavy atom. The van der Waals surface area contributed by atoms with Gasteiger partial charge in [0.25, 0.3) is 0 Å². The third-order valence-corrected chi connectivity index (χ3v) is 2.93. The van der Waals surface area contributed by atoms with Crippen molar-refractivity contribution in [3.8, 4) is 0 Å². The Balaban J connectivity index is 2.44. The Morgan fingerprint density at radius 1 is 1.27 bits per heavy atom. The molecule has 0 heteroatoms. The van der Waals surface area contributed by atoms with Gasteiger partial charge in [0.15, 0.2) is 0 Å². The van der Waals surface area contributed by atoms with Crippen molar-refractivity contribution in [2.24, 2.45) is 11.8 Å². The smallest absolute Gasteiger partial charge is 0.0205 e. The molecule has 0 saturated heterocycles. The number of allylic oxidation sites excluding steroid dienone is 2. The Kier molecular flexibility index (Phi) is 3.68. The van der Waals surface area contributed by atoms with Crippen LogP contribution in [-0.4, -0.2) is 0 Å². The van der Waals surface area contributed by atoms with Crippen molar-refractivity contribution < 1.29 is 0 Å². The van der Waals surface area contributed by atoms with E-state index in [1.807, 2.05) is 0 Å². The Morgan fingerprint density at radius 3 is 2.64 bits per heavy atom. The zero-order chi connectivity index (χ0) is 8.10. The molecule has 0 aromatic heterocycles. The van der Waals surface area contributed by atoms with Gasteiger partial charge in [-0.2, -0.15) is 0 Å². The zero-order valence-electron chi connectivity index (χ0n) is 7.84. The van der Waals surface area contributed by atoms with Crippen LogP contribution in [0.3, 0.4) is 0 Å². The monoisotopic (exact) mass is 152 g/mol. The van der Waals surface area contributed by atoms with Crippen LogP contribution in [0.1, 0.15) is 46.0 Å². The highest BCUT2D eigenvalue weighted by molar-refractivity contribution is 4.91. The molecule has 1 aliphatic carbocycles. The SMILES string of the molecule is C/C=C/C1CCCCC1CC. The summed E-state index contributed by atoms with van der Waals surface area (Å²) in [5, 5.41) is 0. The first kappa shape index (κ1) is 8.83. The van der Waals surface area contributed by atoms with Gasteiger partial charge < -0.3 is 0 Å². The van der Waals surface area contributed by atoms with Gasteiger partial charge in [0.05, 0.1) is 0 Å². The van der Waals surface area contributed by atoms with Gasteiger partial charge in [0, 0.05) is 0 Å². The minimum absolute atomic E-state index is 0.902. The van der Waals surface area contributed by atoms with Crippen LogP contribution in [0, 0.1) is 11.8 Å². The van der Waals surface area contributed by atoms with Gasteiger partial charge in [-0.1, -0.05) is 38.3 Å². The molecule has 0 aromatic rings. The van der Waals surface area contributed by atoms with E-state index in [4.69, 9.17) is 0 Å². The molecule has 1 fully saturated rings. The minimum Gasteiger partial charge on any atom is -0.0914 e. The molecule has 64 valence electrons. The summed E-state index contributed by atoms with van der Waals surface area (Å²) in [4.78, 5) is 0. The minimum atomic E-state index is 0.902. The molecule has 0 aromatic carbocycles. The third-order valence-electron chi connectivity index (χ3n) is 2.93. The molecule has 0 amide bonds. The van der Waals surface area contributed by atoms with Gasteiger partial charge >= 0.3 is 0 Å². The van der Waals surface area contributed by atoms with Crippen LogP contribution < -0.4 is 0 Å². The lowest BCUT2D eigenvalue weighted by atomic mass is 9.78. The normalized spacial score (nSPS) is 32.9. The summed E-state index contributed by atoms with van der Waals surface area (Å²) in [5.41, 5.74) is 0. The van der Waals surface area contributed by atoms with E-state index in [-0.39, 0.29) is 0 Å². The maximum atomic E-state index is 2.41. The lowest BCUT2D eigenvalue weighted by Gasteiger charge is -2.28. The summed E-state index contributed by atoms with van der Waals surface area (Å²) in [5.74, 6) is 1.89. The molecular formula is C11H20. The number of rotatable bonds is 2. The van der Waals surface area contributed by atoms with Crippen molar-refractivity contribution in [3.05, 3.63) is 12.2 Å². The molecule has 0 aliphatic heterocycles. The summed E-state index contributed by atoms with van der Waals surface area (Å²) in [6, 6.07) is 0. The highest BCUT2D eigenvalue weighted by Gasteiger charge is 2.20. The Bertz CT molecular complexity index is 124. The highest BCUT2D eigenvalue weighted by Crippen LogP contribution is 2.32. The molecule has 0 bridgehead atoms. The number of hydrogen-bond donors (Lipinski definition) is 0. The molecule has 2 atom stereocenters. The van der Waals surface area contributed by atoms with Crippen molar-refractivity contribution >= 4 is 0 Å². The molecule has 1 saturated carbocycles. The topological polar surface area (TPSA) is 0 Å². The predicted octanol–water partition coefficient (Wildman–Crippen LogP) is 3.78. The summed E-state index contributed by atoms with van der Waals surface area (Å²) >= 11 is 0. The average Bonchev–Trinajstić information content (AvgIpc) is 2.06. The van der Waals surface area contributed by atoms with Gasteiger partial charge in [0.1, 0.15) is 0 Å². The van der Waals surface area contributed by atoms with E-state index in [0.29, 0.717) is 0 Å². The molecule has 0 spiro atoms. The molecule has 1 aliphatic rings. The first-order chi connectivity index (χ1) is 5.38. The van der Waals surface area contributed by atoms with Crippen LogP contribution in [0.25, 0.3) is 0 Å². The average molecular weight is 152 g/mol. The third kappa shape index (κ3) is 2.36. The van der Waals surface area contributed by atoms with Crippen LogP contribution >= 0.6 is 0 Å². The van der Waals surface area contributed by atoms with E-state index in [0.717, 1.165) is 11.8 Å². The standard InChI is InChI=1S/C11H20/c1-3-7-11-9-6-5-8-10(11)4-2/h3,7,10-11H,4-6,8-9H2,1-2H3/b7-3+. The van der Waals surface area contributed by atoms with Crippen molar-refractivity contribution in [3.63, 3.8) is 0 Å². The van der Waals surface area contributed by atoms with Crippen LogP contribution in [0.5, 0.6) is 0 Å². The summed E-state index contributed by atoms with van der Waals surface area (Å²) in [6.07, 6.45) is 11.8. The van der Waals surface area contributed by atoms with Gasteiger partial charge in [0.2, 0.25) is 0 Å². The maximum Gasteiger partial charge on any atom is -0.0205 e. The van der Waals surface area contributed by atoms with E-state index in [1.165, 1.54) is 32.1 Å². The van der Waals surface area contributed by atoms with Crippen molar-refractivity contribution in [1.29, 1.82) is 0 Å². The summed E-state index contributed by atoms with van der Waals surface area (Å²) in [6.45, 7) is 4.47. The van der Waals surface area contributed by atoms with Crippen LogP contribution in [-0.2, 0) is 0 Å². The number of hydrogen-bond acceptors (Lipinski definition) is 0. The zero-order valence-corrected chi connectivity index (χ0v) is 7.84. The largest absolute Gasteiger partial charge is 0.0914 e. The summed E-state index contributed by atoms with van der Waals surface area (Å²) in [7, 11) is 0. The van der Waals surface area contributed by atoms with Gasteiger partial charge in [-0.3, -0.25) is 0 Å². The first-order valence-electron chi connectivity index (χ1n) is 5.01. The van der Waals surface area contributed by atoms with E-state index < -0.39 is 0 Å². The maximum absolute atomic E-state index is 2.41. The second-order valence-corrected chi connectivity index (χ2v) is 3.64. The summed E-state index contributed by atoms with van der Waals surface area (Å²) < 4.78 is 0. The lowest BCUT2D eigenvalue weighted by Crippen LogP contribution is -2.16. The molecule has 1 rings (SSSR count). The van der Waals surface area contributed by atoms with Crippen LogP contribution in [0.15, 0.2) is 12.2 Å². The molecular weight excluding hydrogens is 132 g/mol. The molecule has 11 heavy (non-hydrogen) atoms. The quantitative estimate of drug-likeness (QED) is 0.528. The fourth-order valence-electron chi connectivity index (χ4n) is 2.24.